The number of aromatic nitrogens is 2. The third kappa shape index (κ3) is 1.37. The molecule has 0 unspecified atom stereocenters. The third-order valence-electron chi connectivity index (χ3n) is 1.56. The Kier molecular flexibility index (Phi) is 1.81. The molecule has 0 amide bonds. The van der Waals surface area contributed by atoms with E-state index in [9.17, 15) is 4.79 Å². The summed E-state index contributed by atoms with van der Waals surface area (Å²) < 4.78 is 9.74. The van der Waals surface area contributed by atoms with E-state index in [4.69, 9.17) is 9.52 Å². The summed E-state index contributed by atoms with van der Waals surface area (Å²) in [4.78, 5) is 14.1. The molecule has 2 aromatic rings. The highest BCUT2D eigenvalue weighted by atomic mass is 16.5. The minimum atomic E-state index is -1.23. The minimum Gasteiger partial charge on any atom is -0.475 e. The quantitative estimate of drug-likeness (QED) is 0.775. The molecule has 0 aliphatic rings. The van der Waals surface area contributed by atoms with Crippen LogP contribution in [0.3, 0.4) is 0 Å². The first-order chi connectivity index (χ1) is 6.66. The summed E-state index contributed by atoms with van der Waals surface area (Å²) >= 11 is 0. The fourth-order valence-electron chi connectivity index (χ4n) is 0.954. The first-order valence-corrected chi connectivity index (χ1v) is 3.79. The molecule has 14 heavy (non-hydrogen) atoms. The topological polar surface area (TPSA) is 89.4 Å². The molecule has 1 N–H and O–H groups in total. The molecule has 0 aliphatic heterocycles. The Morgan fingerprint density at radius 1 is 1.57 bits per heavy atom. The number of carboxylic acids is 1. The monoisotopic (exact) mass is 194 g/mol. The van der Waals surface area contributed by atoms with Crippen LogP contribution in [0.15, 0.2) is 21.3 Å². The van der Waals surface area contributed by atoms with Crippen molar-refractivity contribution in [3.8, 4) is 11.7 Å². The van der Waals surface area contributed by atoms with Crippen molar-refractivity contribution in [2.75, 3.05) is 0 Å². The lowest BCUT2D eigenvalue weighted by Gasteiger charge is -1.81. The zero-order valence-corrected chi connectivity index (χ0v) is 7.22. The van der Waals surface area contributed by atoms with Crippen molar-refractivity contribution in [2.45, 2.75) is 6.92 Å². The number of carboxylic acid groups (broad SMARTS) is 1. The molecular formula is C8H6N2O4. The first-order valence-electron chi connectivity index (χ1n) is 3.79. The number of hydrogen-bond acceptors (Lipinski definition) is 5. The van der Waals surface area contributed by atoms with Gasteiger partial charge in [0.15, 0.2) is 5.76 Å². The highest BCUT2D eigenvalue weighted by molar-refractivity contribution is 5.83. The van der Waals surface area contributed by atoms with E-state index in [0.717, 1.165) is 5.56 Å². The van der Waals surface area contributed by atoms with Crippen LogP contribution in [0.2, 0.25) is 0 Å². The Labute approximate surface area is 78.2 Å². The Balaban J connectivity index is 2.38. The zero-order valence-electron chi connectivity index (χ0n) is 7.22. The van der Waals surface area contributed by atoms with Crippen LogP contribution in [0.5, 0.6) is 0 Å². The lowest BCUT2D eigenvalue weighted by Crippen LogP contribution is -1.98. The van der Waals surface area contributed by atoms with E-state index in [1.54, 1.807) is 6.07 Å². The Morgan fingerprint density at radius 3 is 2.86 bits per heavy atom. The number of furan rings is 1. The summed E-state index contributed by atoms with van der Waals surface area (Å²) in [6, 6.07) is 1.68. The van der Waals surface area contributed by atoms with Gasteiger partial charge in [0, 0.05) is 0 Å². The molecule has 0 saturated heterocycles. The van der Waals surface area contributed by atoms with Crippen molar-refractivity contribution in [1.82, 2.24) is 10.1 Å². The van der Waals surface area contributed by atoms with E-state index in [2.05, 4.69) is 14.7 Å². The maximum Gasteiger partial charge on any atom is 0.377 e. The van der Waals surface area contributed by atoms with Gasteiger partial charge < -0.3 is 14.0 Å². The predicted molar refractivity (Wildman–Crippen MR) is 43.7 cm³/mol. The average Bonchev–Trinajstić information content (AvgIpc) is 2.70. The van der Waals surface area contributed by atoms with E-state index < -0.39 is 5.97 Å². The number of aryl methyl sites for hydroxylation is 1. The molecular weight excluding hydrogens is 188 g/mol. The second-order valence-electron chi connectivity index (χ2n) is 2.72. The molecule has 2 rings (SSSR count). The van der Waals surface area contributed by atoms with Crippen LogP contribution in [0.4, 0.5) is 0 Å². The number of rotatable bonds is 2. The van der Waals surface area contributed by atoms with Crippen LogP contribution >= 0.6 is 0 Å². The molecule has 0 atom stereocenters. The molecule has 0 spiro atoms. The van der Waals surface area contributed by atoms with Gasteiger partial charge >= 0.3 is 5.97 Å². The SMILES string of the molecule is Cc1coc(-c2nc(C(=O)O)no2)c1. The summed E-state index contributed by atoms with van der Waals surface area (Å²) in [6.07, 6.45) is 1.51. The molecule has 6 heteroatoms. The smallest absolute Gasteiger partial charge is 0.377 e. The van der Waals surface area contributed by atoms with E-state index in [1.807, 2.05) is 6.92 Å². The van der Waals surface area contributed by atoms with Gasteiger partial charge in [-0.05, 0) is 23.7 Å². The van der Waals surface area contributed by atoms with Gasteiger partial charge in [-0.2, -0.15) is 4.98 Å². The van der Waals surface area contributed by atoms with E-state index in [1.165, 1.54) is 6.26 Å². The van der Waals surface area contributed by atoms with Crippen LogP contribution in [0.25, 0.3) is 11.7 Å². The van der Waals surface area contributed by atoms with Crippen molar-refractivity contribution in [3.05, 3.63) is 23.7 Å². The van der Waals surface area contributed by atoms with Crippen LogP contribution in [0.1, 0.15) is 16.2 Å². The summed E-state index contributed by atoms with van der Waals surface area (Å²) in [7, 11) is 0. The molecule has 0 aliphatic carbocycles. The summed E-state index contributed by atoms with van der Waals surface area (Å²) in [5, 5.41) is 11.8. The lowest BCUT2D eigenvalue weighted by atomic mass is 10.3. The molecule has 72 valence electrons. The maximum atomic E-state index is 10.4. The largest absolute Gasteiger partial charge is 0.475 e. The number of nitrogens with zero attached hydrogens (tertiary/aromatic N) is 2. The molecule has 2 aromatic heterocycles. The number of aromatic carboxylic acids is 1. The molecule has 0 fully saturated rings. The fourth-order valence-corrected chi connectivity index (χ4v) is 0.954. The van der Waals surface area contributed by atoms with Crippen LogP contribution in [-0.4, -0.2) is 21.2 Å². The third-order valence-corrected chi connectivity index (χ3v) is 1.56. The summed E-state index contributed by atoms with van der Waals surface area (Å²) in [5.41, 5.74) is 0.898. The molecule has 0 radical (unpaired) electrons. The van der Waals surface area contributed by atoms with Crippen molar-refractivity contribution in [1.29, 1.82) is 0 Å². The summed E-state index contributed by atoms with van der Waals surface area (Å²) in [5.74, 6) is -1.18. The maximum absolute atomic E-state index is 10.4. The van der Waals surface area contributed by atoms with E-state index >= 15 is 0 Å². The average molecular weight is 194 g/mol. The highest BCUT2D eigenvalue weighted by Crippen LogP contribution is 2.19. The van der Waals surface area contributed by atoms with Crippen molar-refractivity contribution < 1.29 is 18.8 Å². The Bertz CT molecular complexity index is 471. The van der Waals surface area contributed by atoms with Crippen molar-refractivity contribution in [2.24, 2.45) is 0 Å². The van der Waals surface area contributed by atoms with Gasteiger partial charge in [0.1, 0.15) is 0 Å². The molecule has 0 saturated carbocycles. The molecule has 2 heterocycles. The Morgan fingerprint density at radius 2 is 2.36 bits per heavy atom. The highest BCUT2D eigenvalue weighted by Gasteiger charge is 2.16. The second kappa shape index (κ2) is 2.99. The number of hydrogen-bond donors (Lipinski definition) is 1. The van der Waals surface area contributed by atoms with Gasteiger partial charge in [-0.1, -0.05) is 0 Å². The minimum absolute atomic E-state index is 0.0653. The number of carbonyl (C=O) groups is 1. The molecule has 0 aromatic carbocycles. The van der Waals surface area contributed by atoms with E-state index in [0.29, 0.717) is 5.76 Å². The summed E-state index contributed by atoms with van der Waals surface area (Å²) in [6.45, 7) is 1.83. The van der Waals surface area contributed by atoms with Crippen LogP contribution in [-0.2, 0) is 0 Å². The van der Waals surface area contributed by atoms with Crippen molar-refractivity contribution in [3.63, 3.8) is 0 Å². The van der Waals surface area contributed by atoms with Gasteiger partial charge in [0.25, 0.3) is 11.7 Å². The molecule has 0 bridgehead atoms. The lowest BCUT2D eigenvalue weighted by molar-refractivity contribution is 0.0680. The van der Waals surface area contributed by atoms with E-state index in [-0.39, 0.29) is 11.7 Å². The van der Waals surface area contributed by atoms with Gasteiger partial charge in [-0.15, -0.1) is 0 Å². The zero-order chi connectivity index (χ0) is 10.1. The normalized spacial score (nSPS) is 10.4. The standard InChI is InChI=1S/C8H6N2O4/c1-4-2-5(13-3-4)7-9-6(8(11)12)10-14-7/h2-3H,1H3,(H,11,12). The van der Waals surface area contributed by atoms with Crippen molar-refractivity contribution >= 4 is 5.97 Å². The molecule has 6 nitrogen and oxygen atoms in total. The second-order valence-corrected chi connectivity index (χ2v) is 2.72. The van der Waals surface area contributed by atoms with Gasteiger partial charge in [0.05, 0.1) is 6.26 Å². The van der Waals surface area contributed by atoms with Crippen LogP contribution in [0, 0.1) is 6.92 Å². The predicted octanol–water partition coefficient (Wildman–Crippen LogP) is 1.34. The van der Waals surface area contributed by atoms with Crippen LogP contribution < -0.4 is 0 Å². The van der Waals surface area contributed by atoms with Gasteiger partial charge in [-0.3, -0.25) is 0 Å². The first kappa shape index (κ1) is 8.49. The van der Waals surface area contributed by atoms with Gasteiger partial charge in [-0.25, -0.2) is 4.79 Å². The van der Waals surface area contributed by atoms with Gasteiger partial charge in [0.2, 0.25) is 0 Å². The Hall–Kier alpha value is -2.11. The fraction of sp³-hybridized carbons (Fsp3) is 0.125.